The van der Waals surface area contributed by atoms with Crippen molar-refractivity contribution in [1.29, 1.82) is 0 Å². The van der Waals surface area contributed by atoms with Gasteiger partial charge in [0.1, 0.15) is 5.75 Å². The third kappa shape index (κ3) is 2.96. The Morgan fingerprint density at radius 3 is 2.85 bits per heavy atom. The monoisotopic (exact) mass is 288 g/mol. The molecule has 2 saturated carbocycles. The van der Waals surface area contributed by atoms with Gasteiger partial charge in [0.25, 0.3) is 0 Å². The van der Waals surface area contributed by atoms with Gasteiger partial charge in [-0.1, -0.05) is 18.3 Å². The maximum atomic E-state index is 6.06. The maximum absolute atomic E-state index is 6.06. The first-order chi connectivity index (χ1) is 9.76. The smallest absolute Gasteiger partial charge is 0.122 e. The third-order valence-electron chi connectivity index (χ3n) is 4.81. The van der Waals surface area contributed by atoms with Gasteiger partial charge < -0.3 is 4.74 Å². The molecular weight excluding hydrogens is 268 g/mol. The normalized spacial score (nSPS) is 27.2. The molecule has 2 bridgehead atoms. The van der Waals surface area contributed by atoms with Crippen molar-refractivity contribution in [2.24, 2.45) is 17.8 Å². The van der Waals surface area contributed by atoms with Crippen molar-refractivity contribution in [1.82, 2.24) is 0 Å². The molecule has 1 aromatic carbocycles. The van der Waals surface area contributed by atoms with E-state index in [1.165, 1.54) is 25.7 Å². The van der Waals surface area contributed by atoms with Crippen molar-refractivity contribution in [3.8, 4) is 17.6 Å². The second kappa shape index (κ2) is 6.10. The number of fused-ring (bicyclic) bond motifs is 2. The first kappa shape index (κ1) is 13.8. The van der Waals surface area contributed by atoms with Crippen LogP contribution in [0, 0.1) is 36.5 Å². The summed E-state index contributed by atoms with van der Waals surface area (Å²) in [6, 6.07) is 6.14. The molecule has 1 nitrogen and oxygen atoms in total. The fourth-order valence-electron chi connectivity index (χ4n) is 3.80. The van der Waals surface area contributed by atoms with E-state index in [1.807, 2.05) is 12.1 Å². The summed E-state index contributed by atoms with van der Waals surface area (Å²) in [5.41, 5.74) is 2.17. The molecule has 106 valence electrons. The standard InChI is InChI=1S/C18H21ClO/c1-13-9-14(3-2-8-19)5-7-18(13)20-12-17-11-15-4-6-16(17)10-15/h5,7,9,15-17H,4,6,8,10-12H2,1H3. The first-order valence-electron chi connectivity index (χ1n) is 7.54. The summed E-state index contributed by atoms with van der Waals surface area (Å²) in [5, 5.41) is 0. The summed E-state index contributed by atoms with van der Waals surface area (Å²) in [6.45, 7) is 2.97. The second-order valence-electron chi connectivity index (χ2n) is 6.16. The van der Waals surface area contributed by atoms with Crippen LogP contribution in [0.1, 0.15) is 36.8 Å². The molecule has 0 N–H and O–H groups in total. The number of benzene rings is 1. The highest BCUT2D eigenvalue weighted by molar-refractivity contribution is 6.19. The maximum Gasteiger partial charge on any atom is 0.122 e. The molecule has 0 aromatic heterocycles. The molecule has 20 heavy (non-hydrogen) atoms. The Hall–Kier alpha value is -1.13. The van der Waals surface area contributed by atoms with Crippen LogP contribution in [0.3, 0.4) is 0 Å². The van der Waals surface area contributed by atoms with Crippen LogP contribution in [0.2, 0.25) is 0 Å². The van der Waals surface area contributed by atoms with E-state index in [1.54, 1.807) is 0 Å². The molecule has 0 saturated heterocycles. The molecule has 0 amide bonds. The van der Waals surface area contributed by atoms with Gasteiger partial charge in [-0.15, -0.1) is 11.6 Å². The summed E-state index contributed by atoms with van der Waals surface area (Å²) in [4.78, 5) is 0. The highest BCUT2D eigenvalue weighted by atomic mass is 35.5. The van der Waals surface area contributed by atoms with Crippen molar-refractivity contribution in [3.05, 3.63) is 29.3 Å². The van der Waals surface area contributed by atoms with Gasteiger partial charge in [-0.2, -0.15) is 0 Å². The lowest BCUT2D eigenvalue weighted by Crippen LogP contribution is -2.18. The minimum atomic E-state index is 0.377. The Kier molecular flexibility index (Phi) is 4.22. The van der Waals surface area contributed by atoms with Crippen LogP contribution in [0.5, 0.6) is 5.75 Å². The zero-order valence-corrected chi connectivity index (χ0v) is 12.7. The van der Waals surface area contributed by atoms with Crippen molar-refractivity contribution in [2.45, 2.75) is 32.6 Å². The Bertz CT molecular complexity index is 540. The largest absolute Gasteiger partial charge is 0.493 e. The molecule has 2 fully saturated rings. The zero-order valence-electron chi connectivity index (χ0n) is 12.0. The van der Waals surface area contributed by atoms with Gasteiger partial charge in [0.2, 0.25) is 0 Å². The third-order valence-corrected chi connectivity index (χ3v) is 4.95. The number of rotatable bonds is 3. The van der Waals surface area contributed by atoms with Crippen molar-refractivity contribution in [3.63, 3.8) is 0 Å². The van der Waals surface area contributed by atoms with Gasteiger partial charge in [0, 0.05) is 5.56 Å². The fourth-order valence-corrected chi connectivity index (χ4v) is 3.87. The molecule has 0 radical (unpaired) electrons. The number of halogens is 1. The molecule has 2 aliphatic rings. The average Bonchev–Trinajstić information content (AvgIpc) is 3.06. The van der Waals surface area contributed by atoms with Gasteiger partial charge in [-0.05, 0) is 67.7 Å². The summed E-state index contributed by atoms with van der Waals surface area (Å²) in [7, 11) is 0. The van der Waals surface area contributed by atoms with Gasteiger partial charge in [-0.3, -0.25) is 0 Å². The average molecular weight is 289 g/mol. The summed E-state index contributed by atoms with van der Waals surface area (Å²) in [6.07, 6.45) is 5.70. The molecule has 2 heteroatoms. The summed E-state index contributed by atoms with van der Waals surface area (Å²) < 4.78 is 6.06. The lowest BCUT2D eigenvalue weighted by atomic mass is 9.89. The van der Waals surface area contributed by atoms with Crippen LogP contribution < -0.4 is 4.74 Å². The molecule has 3 atom stereocenters. The number of hydrogen-bond donors (Lipinski definition) is 0. The van der Waals surface area contributed by atoms with Crippen LogP contribution >= 0.6 is 11.6 Å². The highest BCUT2D eigenvalue weighted by Crippen LogP contribution is 2.48. The molecule has 0 heterocycles. The molecule has 3 unspecified atom stereocenters. The van der Waals surface area contributed by atoms with Crippen LogP contribution in [0.25, 0.3) is 0 Å². The molecule has 1 aromatic rings. The van der Waals surface area contributed by atoms with Gasteiger partial charge in [-0.25, -0.2) is 0 Å². The lowest BCUT2D eigenvalue weighted by Gasteiger charge is -2.22. The SMILES string of the molecule is Cc1cc(C#CCCl)ccc1OCC1CC2CCC1C2. The van der Waals surface area contributed by atoms with Crippen molar-refractivity contribution >= 4 is 11.6 Å². The number of ether oxygens (including phenoxy) is 1. The summed E-state index contributed by atoms with van der Waals surface area (Å²) in [5.74, 6) is 10.0. The number of aryl methyl sites for hydroxylation is 1. The Morgan fingerprint density at radius 2 is 2.20 bits per heavy atom. The van der Waals surface area contributed by atoms with E-state index in [4.69, 9.17) is 16.3 Å². The van der Waals surface area contributed by atoms with Crippen LogP contribution in [0.15, 0.2) is 18.2 Å². The van der Waals surface area contributed by atoms with E-state index in [0.717, 1.165) is 41.2 Å². The number of hydrogen-bond acceptors (Lipinski definition) is 1. The first-order valence-corrected chi connectivity index (χ1v) is 8.08. The predicted molar refractivity (Wildman–Crippen MR) is 83.2 cm³/mol. The van der Waals surface area contributed by atoms with E-state index >= 15 is 0 Å². The van der Waals surface area contributed by atoms with Crippen LogP contribution in [-0.2, 0) is 0 Å². The van der Waals surface area contributed by atoms with Gasteiger partial charge >= 0.3 is 0 Å². The number of alkyl halides is 1. The van der Waals surface area contributed by atoms with Gasteiger partial charge in [0.15, 0.2) is 0 Å². The molecule has 0 aliphatic heterocycles. The van der Waals surface area contributed by atoms with E-state index in [2.05, 4.69) is 24.8 Å². The minimum absolute atomic E-state index is 0.377. The van der Waals surface area contributed by atoms with Crippen LogP contribution in [-0.4, -0.2) is 12.5 Å². The van der Waals surface area contributed by atoms with Crippen molar-refractivity contribution < 1.29 is 4.74 Å². The quantitative estimate of drug-likeness (QED) is 0.592. The van der Waals surface area contributed by atoms with Gasteiger partial charge in [0.05, 0.1) is 12.5 Å². The minimum Gasteiger partial charge on any atom is -0.493 e. The molecule has 2 aliphatic carbocycles. The summed E-state index contributed by atoms with van der Waals surface area (Å²) >= 11 is 5.58. The van der Waals surface area contributed by atoms with E-state index in [0.29, 0.717) is 5.88 Å². The Labute approximate surface area is 126 Å². The van der Waals surface area contributed by atoms with E-state index in [9.17, 15) is 0 Å². The second-order valence-corrected chi connectivity index (χ2v) is 6.43. The lowest BCUT2D eigenvalue weighted by molar-refractivity contribution is 0.194. The van der Waals surface area contributed by atoms with Crippen LogP contribution in [0.4, 0.5) is 0 Å². The van der Waals surface area contributed by atoms with E-state index in [-0.39, 0.29) is 0 Å². The zero-order chi connectivity index (χ0) is 13.9. The van der Waals surface area contributed by atoms with E-state index < -0.39 is 0 Å². The molecule has 3 rings (SSSR count). The Balaban J connectivity index is 1.60. The highest BCUT2D eigenvalue weighted by Gasteiger charge is 2.39. The Morgan fingerprint density at radius 1 is 1.30 bits per heavy atom. The molecular formula is C18H21ClO. The van der Waals surface area contributed by atoms with Crippen molar-refractivity contribution in [2.75, 3.05) is 12.5 Å². The fraction of sp³-hybridized carbons (Fsp3) is 0.556. The predicted octanol–water partition coefficient (Wildman–Crippen LogP) is 4.40. The topological polar surface area (TPSA) is 9.23 Å². The molecule has 0 spiro atoms.